The summed E-state index contributed by atoms with van der Waals surface area (Å²) in [6.45, 7) is 8.60. The molecular formula is C13H26N2O2. The molecule has 1 aliphatic heterocycles. The third kappa shape index (κ3) is 4.64. The van der Waals surface area contributed by atoms with Crippen molar-refractivity contribution in [2.24, 2.45) is 5.92 Å². The lowest BCUT2D eigenvalue weighted by Crippen LogP contribution is -2.48. The van der Waals surface area contributed by atoms with Crippen LogP contribution in [0.15, 0.2) is 0 Å². The lowest BCUT2D eigenvalue weighted by molar-refractivity contribution is -0.136. The topological polar surface area (TPSA) is 41.6 Å². The van der Waals surface area contributed by atoms with Gasteiger partial charge in [0.1, 0.15) is 6.61 Å². The Kier molecular flexibility index (Phi) is 5.92. The van der Waals surface area contributed by atoms with Crippen LogP contribution in [-0.4, -0.2) is 49.7 Å². The number of hydrogen-bond acceptors (Lipinski definition) is 3. The van der Waals surface area contributed by atoms with Crippen LogP contribution in [0.3, 0.4) is 0 Å². The molecule has 0 aliphatic carbocycles. The van der Waals surface area contributed by atoms with Gasteiger partial charge in [0.15, 0.2) is 0 Å². The molecule has 0 spiro atoms. The molecule has 0 saturated carbocycles. The van der Waals surface area contributed by atoms with Crippen LogP contribution in [0, 0.1) is 5.92 Å². The molecule has 1 fully saturated rings. The van der Waals surface area contributed by atoms with Gasteiger partial charge < -0.3 is 15.0 Å². The van der Waals surface area contributed by atoms with Crippen molar-refractivity contribution in [3.63, 3.8) is 0 Å². The Morgan fingerprint density at radius 3 is 2.41 bits per heavy atom. The largest absolute Gasteiger partial charge is 0.375 e. The number of hydrogen-bond donors (Lipinski definition) is 1. The molecule has 17 heavy (non-hydrogen) atoms. The van der Waals surface area contributed by atoms with E-state index in [9.17, 15) is 4.79 Å². The molecule has 1 unspecified atom stereocenters. The Morgan fingerprint density at radius 2 is 1.94 bits per heavy atom. The Morgan fingerprint density at radius 1 is 1.35 bits per heavy atom. The molecule has 0 aromatic rings. The van der Waals surface area contributed by atoms with Crippen LogP contribution in [0.1, 0.15) is 33.6 Å². The van der Waals surface area contributed by atoms with Crippen LogP contribution < -0.4 is 5.32 Å². The van der Waals surface area contributed by atoms with E-state index in [0.29, 0.717) is 18.0 Å². The van der Waals surface area contributed by atoms with E-state index < -0.39 is 0 Å². The van der Waals surface area contributed by atoms with Crippen molar-refractivity contribution in [1.29, 1.82) is 0 Å². The van der Waals surface area contributed by atoms with Crippen molar-refractivity contribution in [2.45, 2.75) is 45.7 Å². The molecule has 4 heteroatoms. The van der Waals surface area contributed by atoms with E-state index in [1.165, 1.54) is 0 Å². The smallest absolute Gasteiger partial charge is 0.248 e. The predicted octanol–water partition coefficient (Wildman–Crippen LogP) is 1.26. The average Bonchev–Trinajstić information content (AvgIpc) is 2.30. The highest BCUT2D eigenvalue weighted by atomic mass is 16.5. The number of nitrogens with one attached hydrogen (secondary N) is 1. The van der Waals surface area contributed by atoms with Crippen LogP contribution in [0.2, 0.25) is 0 Å². The highest BCUT2D eigenvalue weighted by Gasteiger charge is 2.23. The summed E-state index contributed by atoms with van der Waals surface area (Å²) in [6, 6.07) is 1.10. The van der Waals surface area contributed by atoms with Gasteiger partial charge in [0.2, 0.25) is 5.91 Å². The van der Waals surface area contributed by atoms with Gasteiger partial charge in [-0.15, -0.1) is 0 Å². The van der Waals surface area contributed by atoms with Crippen molar-refractivity contribution in [2.75, 3.05) is 26.8 Å². The summed E-state index contributed by atoms with van der Waals surface area (Å²) in [5.41, 5.74) is 0. The van der Waals surface area contributed by atoms with Crippen LogP contribution in [0.4, 0.5) is 0 Å². The van der Waals surface area contributed by atoms with Gasteiger partial charge in [-0.3, -0.25) is 4.79 Å². The number of nitrogens with zero attached hydrogens (tertiary/aromatic N) is 1. The fourth-order valence-electron chi connectivity index (χ4n) is 2.07. The number of ether oxygens (including phenoxy) is 1. The number of piperidine rings is 1. The van der Waals surface area contributed by atoms with E-state index in [0.717, 1.165) is 25.9 Å². The minimum absolute atomic E-state index is 0.114. The quantitative estimate of drug-likeness (QED) is 0.789. The van der Waals surface area contributed by atoms with Crippen molar-refractivity contribution in [1.82, 2.24) is 10.2 Å². The van der Waals surface area contributed by atoms with Crippen molar-refractivity contribution in [3.8, 4) is 0 Å². The van der Waals surface area contributed by atoms with Gasteiger partial charge in [-0.2, -0.15) is 0 Å². The fourth-order valence-corrected chi connectivity index (χ4v) is 2.07. The SMILES string of the molecule is COCC(=O)N1CCC(NC(C)C(C)C)CC1. The zero-order valence-corrected chi connectivity index (χ0v) is 11.5. The maximum Gasteiger partial charge on any atom is 0.248 e. The third-order valence-corrected chi connectivity index (χ3v) is 3.61. The zero-order valence-electron chi connectivity index (χ0n) is 11.5. The van der Waals surface area contributed by atoms with E-state index in [2.05, 4.69) is 26.1 Å². The summed E-state index contributed by atoms with van der Waals surface area (Å²) in [4.78, 5) is 13.5. The number of likely N-dealkylation sites (tertiary alicyclic amines) is 1. The van der Waals surface area contributed by atoms with E-state index in [4.69, 9.17) is 4.74 Å². The van der Waals surface area contributed by atoms with Crippen LogP contribution in [0.5, 0.6) is 0 Å². The second-order valence-electron chi connectivity index (χ2n) is 5.29. The second-order valence-corrected chi connectivity index (χ2v) is 5.29. The highest BCUT2D eigenvalue weighted by molar-refractivity contribution is 5.77. The molecule has 1 rings (SSSR count). The van der Waals surface area contributed by atoms with Gasteiger partial charge >= 0.3 is 0 Å². The number of rotatable bonds is 5. The molecule has 0 bridgehead atoms. The standard InChI is InChI=1S/C13H26N2O2/c1-10(2)11(3)14-12-5-7-15(8-6-12)13(16)9-17-4/h10-12,14H,5-9H2,1-4H3. The maximum absolute atomic E-state index is 11.6. The molecule has 1 aliphatic rings. The molecule has 0 aromatic heterocycles. The first-order valence-electron chi connectivity index (χ1n) is 6.57. The number of amides is 1. The van der Waals surface area contributed by atoms with Gasteiger partial charge in [0, 0.05) is 32.3 Å². The van der Waals surface area contributed by atoms with Crippen molar-refractivity contribution in [3.05, 3.63) is 0 Å². The van der Waals surface area contributed by atoms with E-state index in [1.807, 2.05) is 4.90 Å². The van der Waals surface area contributed by atoms with E-state index in [-0.39, 0.29) is 12.5 Å². The van der Waals surface area contributed by atoms with Gasteiger partial charge in [-0.05, 0) is 25.7 Å². The average molecular weight is 242 g/mol. The second kappa shape index (κ2) is 6.97. The van der Waals surface area contributed by atoms with Crippen LogP contribution in [-0.2, 0) is 9.53 Å². The molecule has 1 N–H and O–H groups in total. The minimum Gasteiger partial charge on any atom is -0.375 e. The van der Waals surface area contributed by atoms with Crippen LogP contribution >= 0.6 is 0 Å². The van der Waals surface area contributed by atoms with Crippen LogP contribution in [0.25, 0.3) is 0 Å². The Bertz CT molecular complexity index is 236. The maximum atomic E-state index is 11.6. The molecule has 4 nitrogen and oxygen atoms in total. The summed E-state index contributed by atoms with van der Waals surface area (Å²) in [6.07, 6.45) is 2.10. The highest BCUT2D eigenvalue weighted by Crippen LogP contribution is 2.13. The number of carbonyl (C=O) groups excluding carboxylic acids is 1. The first-order chi connectivity index (χ1) is 8.04. The summed E-state index contributed by atoms with van der Waals surface area (Å²) in [5, 5.41) is 3.64. The first-order valence-corrected chi connectivity index (χ1v) is 6.57. The van der Waals surface area contributed by atoms with Gasteiger partial charge in [-0.25, -0.2) is 0 Å². The molecule has 1 heterocycles. The Hall–Kier alpha value is -0.610. The molecule has 1 amide bonds. The van der Waals surface area contributed by atoms with Gasteiger partial charge in [0.05, 0.1) is 0 Å². The zero-order chi connectivity index (χ0) is 12.8. The summed E-state index contributed by atoms with van der Waals surface area (Å²) < 4.78 is 4.87. The van der Waals surface area contributed by atoms with E-state index in [1.54, 1.807) is 7.11 Å². The molecular weight excluding hydrogens is 216 g/mol. The third-order valence-electron chi connectivity index (χ3n) is 3.61. The van der Waals surface area contributed by atoms with Gasteiger partial charge in [0.25, 0.3) is 0 Å². The lowest BCUT2D eigenvalue weighted by atomic mass is 10.0. The van der Waals surface area contributed by atoms with Gasteiger partial charge in [-0.1, -0.05) is 13.8 Å². The Labute approximate surface area is 105 Å². The minimum atomic E-state index is 0.114. The predicted molar refractivity (Wildman–Crippen MR) is 68.9 cm³/mol. The monoisotopic (exact) mass is 242 g/mol. The summed E-state index contributed by atoms with van der Waals surface area (Å²) in [5.74, 6) is 0.769. The lowest BCUT2D eigenvalue weighted by Gasteiger charge is -2.34. The normalized spacial score (nSPS) is 19.7. The fraction of sp³-hybridized carbons (Fsp3) is 0.923. The van der Waals surface area contributed by atoms with Crippen molar-refractivity contribution >= 4 is 5.91 Å². The molecule has 1 atom stereocenters. The first kappa shape index (κ1) is 14.5. The number of carbonyl (C=O) groups is 1. The molecule has 0 radical (unpaired) electrons. The van der Waals surface area contributed by atoms with Crippen molar-refractivity contribution < 1.29 is 9.53 Å². The summed E-state index contributed by atoms with van der Waals surface area (Å²) in [7, 11) is 1.57. The molecule has 0 aromatic carbocycles. The summed E-state index contributed by atoms with van der Waals surface area (Å²) >= 11 is 0. The number of methoxy groups -OCH3 is 1. The Balaban J connectivity index is 2.28. The molecule has 100 valence electrons. The van der Waals surface area contributed by atoms with E-state index >= 15 is 0 Å². The molecule has 1 saturated heterocycles.